The summed E-state index contributed by atoms with van der Waals surface area (Å²) in [5, 5.41) is 12.1. The van der Waals surface area contributed by atoms with Gasteiger partial charge in [-0.1, -0.05) is 32.9 Å². The summed E-state index contributed by atoms with van der Waals surface area (Å²) >= 11 is 0. The molecular weight excluding hydrogens is 308 g/mol. The van der Waals surface area contributed by atoms with Gasteiger partial charge in [-0.15, -0.1) is 10.2 Å². The lowest BCUT2D eigenvalue weighted by Crippen LogP contribution is -2.26. The predicted molar refractivity (Wildman–Crippen MR) is 88.3 cm³/mol. The van der Waals surface area contributed by atoms with Crippen molar-refractivity contribution in [2.45, 2.75) is 47.3 Å². The van der Waals surface area contributed by atoms with E-state index in [2.05, 4.69) is 15.4 Å². The number of benzene rings is 1. The maximum absolute atomic E-state index is 12.0. The third-order valence-corrected chi connectivity index (χ3v) is 3.27. The number of esters is 1. The molecule has 1 heterocycles. The highest BCUT2D eigenvalue weighted by Gasteiger charge is 2.22. The Balaban J connectivity index is 2.18. The number of rotatable bonds is 5. The van der Waals surface area contributed by atoms with E-state index in [0.29, 0.717) is 17.0 Å². The number of aromatic nitrogens is 4. The number of carbonyl (C=O) groups excluding carboxylic acids is 2. The second-order valence-electron chi connectivity index (χ2n) is 6.85. The molecule has 0 amide bonds. The van der Waals surface area contributed by atoms with E-state index in [-0.39, 0.29) is 18.4 Å². The van der Waals surface area contributed by atoms with Crippen molar-refractivity contribution < 1.29 is 14.3 Å². The second kappa shape index (κ2) is 6.90. The van der Waals surface area contributed by atoms with Gasteiger partial charge in [0.2, 0.25) is 5.82 Å². The molecule has 0 saturated carbocycles. The van der Waals surface area contributed by atoms with Gasteiger partial charge >= 0.3 is 5.97 Å². The van der Waals surface area contributed by atoms with E-state index >= 15 is 0 Å². The van der Waals surface area contributed by atoms with Crippen LogP contribution in [-0.2, 0) is 16.1 Å². The van der Waals surface area contributed by atoms with Crippen LogP contribution in [0.5, 0.6) is 0 Å². The van der Waals surface area contributed by atoms with Gasteiger partial charge in [-0.3, -0.25) is 4.79 Å². The molecule has 0 aliphatic heterocycles. The third-order valence-electron chi connectivity index (χ3n) is 3.27. The third kappa shape index (κ3) is 4.47. The van der Waals surface area contributed by atoms with E-state index in [1.54, 1.807) is 38.1 Å². The maximum atomic E-state index is 12.0. The van der Waals surface area contributed by atoms with Crippen molar-refractivity contribution in [1.82, 2.24) is 20.2 Å². The van der Waals surface area contributed by atoms with Crippen LogP contribution < -0.4 is 0 Å². The highest BCUT2D eigenvalue weighted by Crippen LogP contribution is 2.18. The molecule has 0 atom stereocenters. The lowest BCUT2D eigenvalue weighted by molar-refractivity contribution is -0.127. The van der Waals surface area contributed by atoms with Crippen LogP contribution in [0.4, 0.5) is 0 Å². The van der Waals surface area contributed by atoms with Crippen LogP contribution in [0.2, 0.25) is 0 Å². The summed E-state index contributed by atoms with van der Waals surface area (Å²) in [6, 6.07) is 6.83. The van der Waals surface area contributed by atoms with Crippen molar-refractivity contribution in [1.29, 1.82) is 0 Å². The van der Waals surface area contributed by atoms with Gasteiger partial charge in [0, 0.05) is 11.0 Å². The molecule has 0 N–H and O–H groups in total. The molecule has 1 aromatic heterocycles. The number of carbonyl (C=O) groups is 2. The van der Waals surface area contributed by atoms with Crippen molar-refractivity contribution >= 4 is 11.8 Å². The molecule has 0 aliphatic rings. The van der Waals surface area contributed by atoms with Crippen LogP contribution in [0.25, 0.3) is 11.4 Å². The molecule has 0 fully saturated rings. The van der Waals surface area contributed by atoms with Gasteiger partial charge in [0.25, 0.3) is 0 Å². The Morgan fingerprint density at radius 3 is 2.58 bits per heavy atom. The van der Waals surface area contributed by atoms with Crippen molar-refractivity contribution in [2.24, 2.45) is 5.41 Å². The normalized spacial score (nSPS) is 11.6. The SMILES string of the molecule is CC(C)OC(=O)c1cccc(-c2nnn(CC(=O)C(C)(C)C)n2)c1. The van der Waals surface area contributed by atoms with E-state index in [4.69, 9.17) is 4.74 Å². The number of ketones is 1. The molecule has 7 nitrogen and oxygen atoms in total. The van der Waals surface area contributed by atoms with Crippen LogP contribution in [0.1, 0.15) is 45.0 Å². The van der Waals surface area contributed by atoms with Crippen molar-refractivity contribution in [3.05, 3.63) is 29.8 Å². The molecule has 24 heavy (non-hydrogen) atoms. The first-order valence-corrected chi connectivity index (χ1v) is 7.79. The average molecular weight is 330 g/mol. The molecule has 2 rings (SSSR count). The maximum Gasteiger partial charge on any atom is 0.338 e. The molecule has 1 aromatic carbocycles. The number of hydrogen-bond donors (Lipinski definition) is 0. The summed E-state index contributed by atoms with van der Waals surface area (Å²) in [4.78, 5) is 25.3. The molecule has 0 aliphatic carbocycles. The smallest absolute Gasteiger partial charge is 0.338 e. The monoisotopic (exact) mass is 330 g/mol. The topological polar surface area (TPSA) is 87.0 Å². The standard InChI is InChI=1S/C17H22N4O3/c1-11(2)24-16(23)13-8-6-7-12(9-13)15-18-20-21(19-15)10-14(22)17(3,4)5/h6-9,11H,10H2,1-5H3. The molecule has 2 aromatic rings. The van der Waals surface area contributed by atoms with E-state index < -0.39 is 11.4 Å². The van der Waals surface area contributed by atoms with Crippen LogP contribution in [0.3, 0.4) is 0 Å². The number of Topliss-reactive ketones (excluding diaryl/α,β-unsaturated/α-hetero) is 1. The van der Waals surface area contributed by atoms with Gasteiger partial charge in [-0.05, 0) is 31.2 Å². The van der Waals surface area contributed by atoms with Crippen LogP contribution >= 0.6 is 0 Å². The lowest BCUT2D eigenvalue weighted by Gasteiger charge is -2.15. The fraction of sp³-hybridized carbons (Fsp3) is 0.471. The van der Waals surface area contributed by atoms with E-state index in [0.717, 1.165) is 0 Å². The highest BCUT2D eigenvalue weighted by molar-refractivity contribution is 5.90. The Kier molecular flexibility index (Phi) is 5.11. The largest absolute Gasteiger partial charge is 0.459 e. The number of ether oxygens (including phenoxy) is 1. The molecule has 0 spiro atoms. The summed E-state index contributed by atoms with van der Waals surface area (Å²) in [7, 11) is 0. The zero-order valence-corrected chi connectivity index (χ0v) is 14.6. The molecule has 0 radical (unpaired) electrons. The molecule has 0 unspecified atom stereocenters. The molecule has 0 saturated heterocycles. The van der Waals surface area contributed by atoms with E-state index in [9.17, 15) is 9.59 Å². The van der Waals surface area contributed by atoms with E-state index in [1.165, 1.54) is 4.80 Å². The minimum atomic E-state index is -0.464. The van der Waals surface area contributed by atoms with Crippen molar-refractivity contribution in [2.75, 3.05) is 0 Å². The summed E-state index contributed by atoms with van der Waals surface area (Å²) in [5.41, 5.74) is 0.597. The lowest BCUT2D eigenvalue weighted by atomic mass is 9.91. The fourth-order valence-corrected chi connectivity index (χ4v) is 1.86. The summed E-state index contributed by atoms with van der Waals surface area (Å²) in [6.07, 6.45) is -0.191. The van der Waals surface area contributed by atoms with Gasteiger partial charge in [0.1, 0.15) is 6.54 Å². The van der Waals surface area contributed by atoms with E-state index in [1.807, 2.05) is 20.8 Å². The van der Waals surface area contributed by atoms with Crippen LogP contribution in [0, 0.1) is 5.41 Å². The first kappa shape index (κ1) is 17.8. The predicted octanol–water partition coefficient (Wildman–Crippen LogP) is 2.52. The zero-order chi connectivity index (χ0) is 17.9. The van der Waals surface area contributed by atoms with Gasteiger partial charge in [0.05, 0.1) is 11.7 Å². The number of nitrogens with zero attached hydrogens (tertiary/aromatic N) is 4. The average Bonchev–Trinajstić information content (AvgIpc) is 2.94. The fourth-order valence-electron chi connectivity index (χ4n) is 1.86. The Labute approximate surface area is 141 Å². The zero-order valence-electron chi connectivity index (χ0n) is 14.6. The van der Waals surface area contributed by atoms with Gasteiger partial charge in [-0.2, -0.15) is 4.80 Å². The number of tetrazole rings is 1. The Hall–Kier alpha value is -2.57. The van der Waals surface area contributed by atoms with Crippen LogP contribution in [0.15, 0.2) is 24.3 Å². The first-order valence-electron chi connectivity index (χ1n) is 7.79. The Morgan fingerprint density at radius 2 is 1.96 bits per heavy atom. The van der Waals surface area contributed by atoms with Crippen molar-refractivity contribution in [3.63, 3.8) is 0 Å². The quantitative estimate of drug-likeness (QED) is 0.783. The van der Waals surface area contributed by atoms with Gasteiger partial charge in [0.15, 0.2) is 5.78 Å². The Morgan fingerprint density at radius 1 is 1.25 bits per heavy atom. The molecule has 0 bridgehead atoms. The minimum absolute atomic E-state index is 0.0145. The van der Waals surface area contributed by atoms with Gasteiger partial charge in [-0.25, -0.2) is 4.79 Å². The highest BCUT2D eigenvalue weighted by atomic mass is 16.5. The van der Waals surface area contributed by atoms with Gasteiger partial charge < -0.3 is 4.74 Å². The van der Waals surface area contributed by atoms with Crippen molar-refractivity contribution in [3.8, 4) is 11.4 Å². The molecule has 7 heteroatoms. The minimum Gasteiger partial charge on any atom is -0.459 e. The summed E-state index contributed by atoms with van der Waals surface area (Å²) < 4.78 is 5.18. The Bertz CT molecular complexity index is 744. The summed E-state index contributed by atoms with van der Waals surface area (Å²) in [5.74, 6) is -0.0289. The summed E-state index contributed by atoms with van der Waals surface area (Å²) in [6.45, 7) is 9.18. The van der Waals surface area contributed by atoms with Crippen LogP contribution in [-0.4, -0.2) is 38.1 Å². The molecule has 128 valence electrons. The number of hydrogen-bond acceptors (Lipinski definition) is 6. The second-order valence-corrected chi connectivity index (χ2v) is 6.85. The molecular formula is C17H22N4O3. The first-order chi connectivity index (χ1) is 11.2.